The third kappa shape index (κ3) is 3.99. The maximum absolute atomic E-state index is 14.2. The zero-order valence-corrected chi connectivity index (χ0v) is 20.6. The van der Waals surface area contributed by atoms with Crippen molar-refractivity contribution in [1.29, 1.82) is 0 Å². The molecule has 0 aliphatic rings. The van der Waals surface area contributed by atoms with Gasteiger partial charge in [-0.3, -0.25) is 0 Å². The number of nitrogens with one attached hydrogen (secondary N) is 1. The molecule has 10 heteroatoms. The minimum Gasteiger partial charge on any atom is -0.465 e. The molecular formula is C26H27FN6O3. The largest absolute Gasteiger partial charge is 0.465 e. The van der Waals surface area contributed by atoms with Gasteiger partial charge >= 0.3 is 11.7 Å². The Labute approximate surface area is 206 Å². The number of ether oxygens (including phenoxy) is 1. The van der Waals surface area contributed by atoms with E-state index < -0.39 is 11.7 Å². The van der Waals surface area contributed by atoms with Crippen LogP contribution >= 0.6 is 0 Å². The van der Waals surface area contributed by atoms with E-state index in [-0.39, 0.29) is 5.82 Å². The van der Waals surface area contributed by atoms with Crippen LogP contribution in [0.15, 0.2) is 53.6 Å². The number of carbonyl (C=O) groups is 1. The molecule has 0 atom stereocenters. The van der Waals surface area contributed by atoms with Crippen molar-refractivity contribution in [3.63, 3.8) is 0 Å². The van der Waals surface area contributed by atoms with Crippen LogP contribution in [0.25, 0.3) is 38.9 Å². The van der Waals surface area contributed by atoms with Crippen molar-refractivity contribution in [2.45, 2.75) is 13.0 Å². The monoisotopic (exact) mass is 490 g/mol. The Morgan fingerprint density at radius 2 is 1.89 bits per heavy atom. The zero-order valence-electron chi connectivity index (χ0n) is 20.6. The molecule has 186 valence electrons. The van der Waals surface area contributed by atoms with Crippen molar-refractivity contribution in [2.24, 2.45) is 7.05 Å². The van der Waals surface area contributed by atoms with Gasteiger partial charge in [-0.25, -0.2) is 23.6 Å². The summed E-state index contributed by atoms with van der Waals surface area (Å²) in [5.74, 6) is -0.487. The molecule has 36 heavy (non-hydrogen) atoms. The van der Waals surface area contributed by atoms with Crippen LogP contribution in [-0.2, 0) is 18.3 Å². The van der Waals surface area contributed by atoms with Gasteiger partial charge in [0.2, 0.25) is 0 Å². The maximum atomic E-state index is 14.2. The van der Waals surface area contributed by atoms with Crippen molar-refractivity contribution < 1.29 is 13.9 Å². The zero-order chi connectivity index (χ0) is 25.6. The number of hydrogen-bond donors (Lipinski definition) is 1. The van der Waals surface area contributed by atoms with Gasteiger partial charge in [-0.05, 0) is 63.5 Å². The number of aromatic amines is 1. The first-order chi connectivity index (χ1) is 17.3. The number of benzene rings is 2. The van der Waals surface area contributed by atoms with Gasteiger partial charge in [-0.15, -0.1) is 0 Å². The molecule has 5 aromatic rings. The van der Waals surface area contributed by atoms with E-state index >= 15 is 0 Å². The molecule has 3 heterocycles. The Morgan fingerprint density at radius 3 is 2.64 bits per heavy atom. The normalized spacial score (nSPS) is 11.7. The Kier molecular flexibility index (Phi) is 5.97. The summed E-state index contributed by atoms with van der Waals surface area (Å²) in [5.41, 5.74) is 2.81. The lowest BCUT2D eigenvalue weighted by atomic mass is 10.1. The highest BCUT2D eigenvalue weighted by atomic mass is 19.1. The van der Waals surface area contributed by atoms with Gasteiger partial charge in [-0.1, -0.05) is 0 Å². The molecule has 0 radical (unpaired) electrons. The summed E-state index contributed by atoms with van der Waals surface area (Å²) < 4.78 is 24.5. The van der Waals surface area contributed by atoms with Crippen molar-refractivity contribution in [2.75, 3.05) is 27.7 Å². The molecular weight excluding hydrogens is 463 g/mol. The van der Waals surface area contributed by atoms with Gasteiger partial charge in [0.15, 0.2) is 5.82 Å². The fraction of sp³-hybridized carbons (Fsp3) is 0.269. The standard InChI is InChI=1S/C26H27FN6O3/c1-30(2)10-5-11-32-15-23(19-12-16(25(34)36-4)6-8-22(19)32)33-24(28-29-26(33)35)20-14-31(3)21-9-7-17(27)13-18(20)21/h6-9,12-15H,5,10-11H2,1-4H3,(H,29,35). The minimum atomic E-state index is -0.465. The molecule has 0 amide bonds. The number of methoxy groups -OCH3 is 1. The van der Waals surface area contributed by atoms with E-state index in [1.807, 2.05) is 44.2 Å². The molecule has 0 bridgehead atoms. The molecule has 2 aromatic carbocycles. The summed E-state index contributed by atoms with van der Waals surface area (Å²) >= 11 is 0. The SMILES string of the molecule is COC(=O)c1ccc2c(c1)c(-n1c(-c3cn(C)c4ccc(F)cc34)n[nH]c1=O)cn2CCCN(C)C. The molecule has 0 unspecified atom stereocenters. The highest BCUT2D eigenvalue weighted by molar-refractivity contribution is 5.99. The molecule has 0 spiro atoms. The Hall–Kier alpha value is -4.18. The number of H-pyrrole nitrogens is 1. The number of aryl methyl sites for hydroxylation is 2. The minimum absolute atomic E-state index is 0.354. The molecule has 0 aliphatic heterocycles. The number of nitrogens with zero attached hydrogens (tertiary/aromatic N) is 5. The van der Waals surface area contributed by atoms with E-state index in [4.69, 9.17) is 4.74 Å². The molecule has 0 saturated heterocycles. The quantitative estimate of drug-likeness (QED) is 0.353. The van der Waals surface area contributed by atoms with Crippen LogP contribution in [0.2, 0.25) is 0 Å². The summed E-state index contributed by atoms with van der Waals surface area (Å²) in [6.07, 6.45) is 4.62. The van der Waals surface area contributed by atoms with Crippen molar-refractivity contribution in [1.82, 2.24) is 28.8 Å². The molecule has 0 aliphatic carbocycles. The highest BCUT2D eigenvalue weighted by Crippen LogP contribution is 2.33. The second kappa shape index (κ2) is 9.12. The van der Waals surface area contributed by atoms with Gasteiger partial charge in [-0.2, -0.15) is 5.10 Å². The average Bonchev–Trinajstić information content (AvgIpc) is 3.50. The fourth-order valence-electron chi connectivity index (χ4n) is 4.69. The number of hydrogen-bond acceptors (Lipinski definition) is 5. The molecule has 5 rings (SSSR count). The lowest BCUT2D eigenvalue weighted by molar-refractivity contribution is 0.0601. The van der Waals surface area contributed by atoms with Gasteiger partial charge in [0.25, 0.3) is 0 Å². The summed E-state index contributed by atoms with van der Waals surface area (Å²) in [7, 11) is 7.23. The number of carbonyl (C=O) groups excluding carboxylic acids is 1. The second-order valence-corrected chi connectivity index (χ2v) is 9.09. The number of fused-ring (bicyclic) bond motifs is 2. The fourth-order valence-corrected chi connectivity index (χ4v) is 4.69. The van der Waals surface area contributed by atoms with Gasteiger partial charge in [0, 0.05) is 47.8 Å². The first-order valence-corrected chi connectivity index (χ1v) is 11.6. The molecule has 1 N–H and O–H groups in total. The number of halogens is 1. The first-order valence-electron chi connectivity index (χ1n) is 11.6. The molecule has 0 fully saturated rings. The van der Waals surface area contributed by atoms with E-state index in [0.29, 0.717) is 40.0 Å². The third-order valence-electron chi connectivity index (χ3n) is 6.39. The molecule has 3 aromatic heterocycles. The van der Waals surface area contributed by atoms with Crippen LogP contribution in [0.1, 0.15) is 16.8 Å². The predicted molar refractivity (Wildman–Crippen MR) is 136 cm³/mol. The van der Waals surface area contributed by atoms with Crippen molar-refractivity contribution in [3.05, 3.63) is 70.7 Å². The smallest absolute Gasteiger partial charge is 0.348 e. The van der Waals surface area contributed by atoms with E-state index in [1.165, 1.54) is 23.8 Å². The van der Waals surface area contributed by atoms with Crippen LogP contribution in [0, 0.1) is 5.82 Å². The van der Waals surface area contributed by atoms with Crippen LogP contribution in [0.4, 0.5) is 4.39 Å². The van der Waals surface area contributed by atoms with E-state index in [0.717, 1.165) is 24.0 Å². The van der Waals surface area contributed by atoms with Crippen LogP contribution in [0.5, 0.6) is 0 Å². The summed E-state index contributed by atoms with van der Waals surface area (Å²) in [5, 5.41) is 8.21. The topological polar surface area (TPSA) is 90.1 Å². The predicted octanol–water partition coefficient (Wildman–Crippen LogP) is 3.55. The number of aromatic nitrogens is 5. The average molecular weight is 491 g/mol. The van der Waals surface area contributed by atoms with Gasteiger partial charge < -0.3 is 18.8 Å². The van der Waals surface area contributed by atoms with Crippen LogP contribution in [-0.4, -0.2) is 62.5 Å². The van der Waals surface area contributed by atoms with Crippen molar-refractivity contribution >= 4 is 27.8 Å². The van der Waals surface area contributed by atoms with E-state index in [2.05, 4.69) is 19.7 Å². The van der Waals surface area contributed by atoms with Crippen LogP contribution < -0.4 is 5.69 Å². The van der Waals surface area contributed by atoms with E-state index in [9.17, 15) is 14.0 Å². The lowest BCUT2D eigenvalue weighted by Gasteiger charge is -2.10. The number of rotatable bonds is 7. The summed E-state index contributed by atoms with van der Waals surface area (Å²) in [6, 6.07) is 9.84. The maximum Gasteiger partial charge on any atom is 0.348 e. The van der Waals surface area contributed by atoms with Gasteiger partial charge in [0.1, 0.15) is 5.82 Å². The molecule has 9 nitrogen and oxygen atoms in total. The molecule has 0 saturated carbocycles. The second-order valence-electron chi connectivity index (χ2n) is 9.09. The first kappa shape index (κ1) is 23.6. The summed E-state index contributed by atoms with van der Waals surface area (Å²) in [4.78, 5) is 27.5. The van der Waals surface area contributed by atoms with Crippen molar-refractivity contribution in [3.8, 4) is 17.1 Å². The van der Waals surface area contributed by atoms with Gasteiger partial charge in [0.05, 0.1) is 23.9 Å². The Morgan fingerprint density at radius 1 is 1.11 bits per heavy atom. The van der Waals surface area contributed by atoms with E-state index in [1.54, 1.807) is 18.2 Å². The Balaban J connectivity index is 1.74. The Bertz CT molecular complexity index is 1660. The highest BCUT2D eigenvalue weighted by Gasteiger charge is 2.22. The summed E-state index contributed by atoms with van der Waals surface area (Å²) in [6.45, 7) is 1.61. The lowest BCUT2D eigenvalue weighted by Crippen LogP contribution is -2.16. The number of esters is 1. The van der Waals surface area contributed by atoms with Crippen LogP contribution in [0.3, 0.4) is 0 Å². The third-order valence-corrected chi connectivity index (χ3v) is 6.39.